The Morgan fingerprint density at radius 3 is 1.92 bits per heavy atom. The third-order valence-electron chi connectivity index (χ3n) is 6.20. The van der Waals surface area contributed by atoms with Crippen molar-refractivity contribution in [2.45, 2.75) is 141 Å². The Bertz CT molecular complexity index is 520. The first-order valence-electron chi connectivity index (χ1n) is 15.1. The van der Waals surface area contributed by atoms with Crippen LogP contribution in [0.3, 0.4) is 0 Å². The normalized spacial score (nSPS) is 19.7. The van der Waals surface area contributed by atoms with Crippen molar-refractivity contribution in [2.75, 3.05) is 33.4 Å². The largest absolute Gasteiger partial charge is 0.481 e. The van der Waals surface area contributed by atoms with E-state index in [0.29, 0.717) is 26.2 Å². The molecule has 0 amide bonds. The smallest absolute Gasteiger partial charge is 0.303 e. The summed E-state index contributed by atoms with van der Waals surface area (Å²) in [4.78, 5) is 20.4. The molecule has 0 aromatic heterocycles. The van der Waals surface area contributed by atoms with Gasteiger partial charge in [0.05, 0.1) is 6.61 Å². The van der Waals surface area contributed by atoms with Crippen molar-refractivity contribution in [3.63, 3.8) is 0 Å². The van der Waals surface area contributed by atoms with Crippen molar-refractivity contribution in [3.05, 3.63) is 0 Å². The number of rotatable bonds is 23. The van der Waals surface area contributed by atoms with Gasteiger partial charge in [0, 0.05) is 64.8 Å². The van der Waals surface area contributed by atoms with Crippen LogP contribution in [0.25, 0.3) is 0 Å². The number of hydrogen-bond donors (Lipinski definition) is 3. The number of carboxylic acids is 1. The SMILES string of the molecule is CC.O=CCCCCCCCCCCCCCCC(=O)O.[B]C1OC(COCC)C(O)C1OCCCNC.[Y]. The van der Waals surface area contributed by atoms with Gasteiger partial charge in [0.25, 0.3) is 0 Å². The number of aliphatic hydroxyl groups is 1. The molecule has 0 bridgehead atoms. The predicted octanol–water partition coefficient (Wildman–Crippen LogP) is 5.03. The Morgan fingerprint density at radius 2 is 1.46 bits per heavy atom. The second kappa shape index (κ2) is 34.3. The fourth-order valence-electron chi connectivity index (χ4n) is 4.07. The Morgan fingerprint density at radius 1 is 0.949 bits per heavy atom. The zero-order chi connectivity index (χ0) is 28.9. The molecule has 3 N–H and O–H groups in total. The summed E-state index contributed by atoms with van der Waals surface area (Å²) in [5.74, 6) is -0.673. The quantitative estimate of drug-likeness (QED) is 0.0818. The number of carboxylic acid groups (broad SMARTS) is 1. The molecule has 4 atom stereocenters. The van der Waals surface area contributed by atoms with Crippen LogP contribution in [0.5, 0.6) is 0 Å². The molecule has 1 rings (SSSR count). The average molecular weight is 633 g/mol. The fraction of sp³-hybridized carbons (Fsp3) is 0.931. The van der Waals surface area contributed by atoms with Crippen molar-refractivity contribution in [1.29, 1.82) is 0 Å². The first-order valence-corrected chi connectivity index (χ1v) is 15.1. The van der Waals surface area contributed by atoms with Gasteiger partial charge in [-0.3, -0.25) is 4.79 Å². The first-order chi connectivity index (χ1) is 18.5. The van der Waals surface area contributed by atoms with E-state index in [-0.39, 0.29) is 38.8 Å². The van der Waals surface area contributed by atoms with Gasteiger partial charge in [-0.15, -0.1) is 0 Å². The van der Waals surface area contributed by atoms with E-state index in [2.05, 4.69) is 5.32 Å². The third kappa shape index (κ3) is 28.0. The Hall–Kier alpha value is 0.109. The maximum atomic E-state index is 10.3. The van der Waals surface area contributed by atoms with Gasteiger partial charge in [0.15, 0.2) is 0 Å². The number of aliphatic carboxylic acids is 1. The van der Waals surface area contributed by atoms with Gasteiger partial charge in [0.2, 0.25) is 0 Å². The second-order valence-electron chi connectivity index (χ2n) is 9.42. The molecular formula is C29H58BNO7Y. The maximum absolute atomic E-state index is 10.3. The molecule has 1 aliphatic rings. The topological polar surface area (TPSA) is 114 Å². The van der Waals surface area contributed by atoms with Crippen LogP contribution in [0.2, 0.25) is 0 Å². The molecule has 0 saturated carbocycles. The van der Waals surface area contributed by atoms with Gasteiger partial charge in [0.1, 0.15) is 32.4 Å². The van der Waals surface area contributed by atoms with Gasteiger partial charge in [-0.1, -0.05) is 78.1 Å². The van der Waals surface area contributed by atoms with E-state index in [0.717, 1.165) is 44.9 Å². The number of ether oxygens (including phenoxy) is 3. The van der Waals surface area contributed by atoms with Crippen molar-refractivity contribution in [3.8, 4) is 0 Å². The van der Waals surface area contributed by atoms with Gasteiger partial charge in [-0.2, -0.15) is 0 Å². The number of unbranched alkanes of at least 4 members (excludes halogenated alkanes) is 12. The molecule has 0 spiro atoms. The van der Waals surface area contributed by atoms with Crippen LogP contribution in [0.15, 0.2) is 0 Å². The monoisotopic (exact) mass is 632 g/mol. The second-order valence-corrected chi connectivity index (χ2v) is 9.42. The molecule has 3 radical (unpaired) electrons. The van der Waals surface area contributed by atoms with E-state index >= 15 is 0 Å². The minimum absolute atomic E-state index is 0. The molecule has 1 fully saturated rings. The molecule has 8 nitrogen and oxygen atoms in total. The summed E-state index contributed by atoms with van der Waals surface area (Å²) in [5.41, 5.74) is 0. The summed E-state index contributed by atoms with van der Waals surface area (Å²) in [5, 5.41) is 21.5. The molecule has 39 heavy (non-hydrogen) atoms. The summed E-state index contributed by atoms with van der Waals surface area (Å²) in [7, 11) is 7.65. The minimum atomic E-state index is -0.717. The van der Waals surface area contributed by atoms with E-state index in [4.69, 9.17) is 27.2 Å². The summed E-state index contributed by atoms with van der Waals surface area (Å²) >= 11 is 0. The molecule has 0 aliphatic carbocycles. The van der Waals surface area contributed by atoms with Gasteiger partial charge >= 0.3 is 5.97 Å². The fourth-order valence-corrected chi connectivity index (χ4v) is 4.07. The van der Waals surface area contributed by atoms with Crippen molar-refractivity contribution in [2.24, 2.45) is 0 Å². The average Bonchev–Trinajstić information content (AvgIpc) is 3.18. The minimum Gasteiger partial charge on any atom is -0.481 e. The number of carbonyl (C=O) groups excluding carboxylic acids is 1. The van der Waals surface area contributed by atoms with Crippen LogP contribution in [-0.2, 0) is 56.5 Å². The van der Waals surface area contributed by atoms with Crippen molar-refractivity contribution in [1.82, 2.24) is 5.32 Å². The number of hydrogen-bond acceptors (Lipinski definition) is 7. The summed E-state index contributed by atoms with van der Waals surface area (Å²) in [6, 6.07) is -0.579. The molecule has 227 valence electrons. The van der Waals surface area contributed by atoms with Gasteiger partial charge in [-0.25, -0.2) is 0 Å². The van der Waals surface area contributed by atoms with Crippen LogP contribution >= 0.6 is 0 Å². The van der Waals surface area contributed by atoms with E-state index in [1.807, 2.05) is 27.8 Å². The predicted molar refractivity (Wildman–Crippen MR) is 155 cm³/mol. The van der Waals surface area contributed by atoms with Crippen LogP contribution in [-0.4, -0.2) is 88.0 Å². The molecule has 1 aliphatic heterocycles. The Kier molecular flexibility index (Phi) is 38.3. The number of aliphatic hydroxyl groups excluding tert-OH is 1. The first kappa shape index (κ1) is 43.6. The van der Waals surface area contributed by atoms with Gasteiger partial charge in [-0.05, 0) is 39.8 Å². The summed E-state index contributed by atoms with van der Waals surface area (Å²) < 4.78 is 16.2. The Labute approximate surface area is 265 Å². The zero-order valence-corrected chi connectivity index (χ0v) is 28.3. The van der Waals surface area contributed by atoms with Crippen LogP contribution in [0.4, 0.5) is 0 Å². The van der Waals surface area contributed by atoms with Crippen LogP contribution < -0.4 is 5.32 Å². The zero-order valence-electron chi connectivity index (χ0n) is 25.4. The third-order valence-corrected chi connectivity index (χ3v) is 6.20. The van der Waals surface area contributed by atoms with E-state index in [9.17, 15) is 14.7 Å². The van der Waals surface area contributed by atoms with Crippen LogP contribution in [0.1, 0.15) is 117 Å². The molecule has 0 aromatic carbocycles. The molecular weight excluding hydrogens is 574 g/mol. The number of carbonyl (C=O) groups is 2. The molecule has 10 heteroatoms. The standard InChI is InChI=1S/C16H30O3.C11H22BNO4.C2H6.Y/c17-15-13-11-9-7-5-3-1-2-4-6-8-10-12-14-16(18)19;1-3-15-7-8-9(14)10(11(12)17-8)16-6-4-5-13-2;1-2;/h15H,1-14H2,(H,18,19);8-11,13-14H,3-7H2,1-2H3;1-2H3;. The van der Waals surface area contributed by atoms with E-state index in [1.165, 1.54) is 57.8 Å². The summed E-state index contributed by atoms with van der Waals surface area (Å²) in [6.45, 7) is 8.27. The molecule has 1 saturated heterocycles. The molecule has 4 unspecified atom stereocenters. The van der Waals surface area contributed by atoms with E-state index < -0.39 is 24.2 Å². The van der Waals surface area contributed by atoms with Crippen molar-refractivity contribution < 1.29 is 66.7 Å². The maximum Gasteiger partial charge on any atom is 0.303 e. The van der Waals surface area contributed by atoms with Crippen LogP contribution in [0, 0.1) is 0 Å². The number of aldehydes is 1. The molecule has 0 aromatic rings. The summed E-state index contributed by atoms with van der Waals surface area (Å²) in [6.07, 6.45) is 15.8. The van der Waals surface area contributed by atoms with Gasteiger partial charge < -0.3 is 34.5 Å². The van der Waals surface area contributed by atoms with Crippen molar-refractivity contribution >= 4 is 20.1 Å². The van der Waals surface area contributed by atoms with E-state index in [1.54, 1.807) is 0 Å². The Balaban J connectivity index is -0.000000612. The molecule has 1 heterocycles. The number of nitrogens with one attached hydrogen (secondary N) is 1.